The number of amides is 1. The third kappa shape index (κ3) is 2.74. The highest BCUT2D eigenvalue weighted by molar-refractivity contribution is 6.00. The lowest BCUT2D eigenvalue weighted by Crippen LogP contribution is -2.41. The molecule has 2 aromatic heterocycles. The van der Waals surface area contributed by atoms with Crippen molar-refractivity contribution < 1.29 is 14.3 Å². The van der Waals surface area contributed by atoms with Gasteiger partial charge in [-0.15, -0.1) is 0 Å². The minimum Gasteiger partial charge on any atom is -0.494 e. The highest BCUT2D eigenvalue weighted by atomic mass is 16.5. The summed E-state index contributed by atoms with van der Waals surface area (Å²) in [6.07, 6.45) is 2.08. The van der Waals surface area contributed by atoms with Gasteiger partial charge in [-0.2, -0.15) is 0 Å². The first-order chi connectivity index (χ1) is 14.5. The second-order valence-electron chi connectivity index (χ2n) is 8.05. The molecular formula is C22H25N5O3. The van der Waals surface area contributed by atoms with Gasteiger partial charge in [0.25, 0.3) is 5.91 Å². The van der Waals surface area contributed by atoms with Gasteiger partial charge in [0.1, 0.15) is 17.0 Å². The number of methoxy groups -OCH3 is 2. The van der Waals surface area contributed by atoms with Crippen LogP contribution in [0.2, 0.25) is 0 Å². The number of imidazole rings is 1. The van der Waals surface area contributed by atoms with Crippen LogP contribution in [0.3, 0.4) is 0 Å². The number of likely N-dealkylation sites (tertiary alicyclic amines) is 1. The summed E-state index contributed by atoms with van der Waals surface area (Å²) in [5, 5.41) is 0. The topological polar surface area (TPSA) is 95.5 Å². The van der Waals surface area contributed by atoms with E-state index >= 15 is 0 Å². The first-order valence-corrected chi connectivity index (χ1v) is 10.1. The summed E-state index contributed by atoms with van der Waals surface area (Å²) >= 11 is 0. The number of nitrogens with zero attached hydrogens (tertiary/aromatic N) is 4. The molecule has 3 aromatic rings. The van der Waals surface area contributed by atoms with E-state index < -0.39 is 0 Å². The van der Waals surface area contributed by atoms with Gasteiger partial charge in [0, 0.05) is 37.3 Å². The van der Waals surface area contributed by atoms with Gasteiger partial charge < -0.3 is 24.7 Å². The minimum atomic E-state index is -0.00967. The maximum Gasteiger partial charge on any atom is 0.254 e. The largest absolute Gasteiger partial charge is 0.494 e. The van der Waals surface area contributed by atoms with Crippen LogP contribution in [-0.2, 0) is 7.05 Å². The quantitative estimate of drug-likeness (QED) is 0.713. The fourth-order valence-corrected chi connectivity index (χ4v) is 4.92. The monoisotopic (exact) mass is 407 g/mol. The highest BCUT2D eigenvalue weighted by Gasteiger charge is 2.46. The number of hydrogen-bond acceptors (Lipinski definition) is 6. The lowest BCUT2D eigenvalue weighted by atomic mass is 10.1. The Bertz CT molecular complexity index is 1140. The standard InChI is InChI=1S/C22H25N5O3/c1-26-20-15(25-21(26)14-5-4-6-18(24-14)30-3)9-13(10-17(20)29-2)22(28)27-11-12-7-8-16(27)19(12)23/h4-6,9-10,12,16,19H,7-8,11,23H2,1-3H3/t12-,16-,19-/m1/s1. The molecule has 1 aliphatic heterocycles. The first-order valence-electron chi connectivity index (χ1n) is 10.1. The van der Waals surface area contributed by atoms with Crippen molar-refractivity contribution in [1.29, 1.82) is 0 Å². The Kier molecular flexibility index (Phi) is 4.39. The van der Waals surface area contributed by atoms with Crippen molar-refractivity contribution in [2.24, 2.45) is 18.7 Å². The lowest BCUT2D eigenvalue weighted by molar-refractivity contribution is 0.0700. The number of aryl methyl sites for hydroxylation is 1. The Morgan fingerprint density at radius 2 is 2.00 bits per heavy atom. The summed E-state index contributed by atoms with van der Waals surface area (Å²) in [5.41, 5.74) is 9.06. The number of benzene rings is 1. The molecule has 1 aliphatic carbocycles. The van der Waals surface area contributed by atoms with Gasteiger partial charge in [0.15, 0.2) is 5.82 Å². The first kappa shape index (κ1) is 18.9. The van der Waals surface area contributed by atoms with Gasteiger partial charge in [-0.05, 0) is 37.0 Å². The molecule has 1 saturated heterocycles. The number of hydrogen-bond donors (Lipinski definition) is 1. The van der Waals surface area contributed by atoms with Crippen LogP contribution in [0.25, 0.3) is 22.6 Å². The minimum absolute atomic E-state index is 0.00967. The smallest absolute Gasteiger partial charge is 0.254 e. The van der Waals surface area contributed by atoms with Crippen LogP contribution < -0.4 is 15.2 Å². The second kappa shape index (κ2) is 6.98. The van der Waals surface area contributed by atoms with Crippen LogP contribution in [0.1, 0.15) is 23.2 Å². The number of carbonyl (C=O) groups is 1. The van der Waals surface area contributed by atoms with Crippen molar-refractivity contribution in [3.05, 3.63) is 35.9 Å². The number of pyridine rings is 1. The third-order valence-electron chi connectivity index (χ3n) is 6.48. The summed E-state index contributed by atoms with van der Waals surface area (Å²) in [6, 6.07) is 9.39. The van der Waals surface area contributed by atoms with E-state index in [4.69, 9.17) is 20.2 Å². The van der Waals surface area contributed by atoms with Crippen LogP contribution in [-0.4, -0.2) is 58.2 Å². The SMILES string of the molecule is COc1cccc(-c2nc3cc(C(=O)N4C[C@H]5CC[C@@H]4[C@@H]5N)cc(OC)c3n2C)n1. The number of piperidine rings is 1. The molecule has 0 radical (unpaired) electrons. The molecule has 8 nitrogen and oxygen atoms in total. The number of aromatic nitrogens is 3. The molecule has 1 aromatic carbocycles. The molecule has 0 spiro atoms. The van der Waals surface area contributed by atoms with Crippen LogP contribution in [0.4, 0.5) is 0 Å². The third-order valence-corrected chi connectivity index (χ3v) is 6.48. The Morgan fingerprint density at radius 3 is 2.67 bits per heavy atom. The van der Waals surface area contributed by atoms with Crippen LogP contribution in [0.15, 0.2) is 30.3 Å². The molecule has 156 valence electrons. The molecule has 3 heterocycles. The molecule has 0 unspecified atom stereocenters. The van der Waals surface area contributed by atoms with Crippen LogP contribution in [0, 0.1) is 5.92 Å². The van der Waals surface area contributed by atoms with Crippen molar-refractivity contribution in [3.63, 3.8) is 0 Å². The number of ether oxygens (including phenoxy) is 2. The average molecular weight is 407 g/mol. The van der Waals surface area contributed by atoms with Gasteiger partial charge in [-0.25, -0.2) is 9.97 Å². The molecule has 5 rings (SSSR count). The number of rotatable bonds is 4. The molecule has 3 atom stereocenters. The molecule has 2 N–H and O–H groups in total. The summed E-state index contributed by atoms with van der Waals surface area (Å²) in [4.78, 5) is 24.5. The Labute approximate surface area is 174 Å². The second-order valence-corrected chi connectivity index (χ2v) is 8.05. The summed E-state index contributed by atoms with van der Waals surface area (Å²) < 4.78 is 12.8. The molecular weight excluding hydrogens is 382 g/mol. The van der Waals surface area contributed by atoms with Gasteiger partial charge in [0.2, 0.25) is 5.88 Å². The van der Waals surface area contributed by atoms with E-state index in [1.165, 1.54) is 0 Å². The Hall–Kier alpha value is -3.13. The van der Waals surface area contributed by atoms with Crippen molar-refractivity contribution >= 4 is 16.9 Å². The molecule has 2 bridgehead atoms. The fraction of sp³-hybridized carbons (Fsp3) is 0.409. The van der Waals surface area contributed by atoms with Crippen LogP contribution >= 0.6 is 0 Å². The normalized spacial score (nSPS) is 22.7. The number of carbonyl (C=O) groups excluding carboxylic acids is 1. The van der Waals surface area contributed by atoms with Crippen molar-refractivity contribution in [1.82, 2.24) is 19.4 Å². The highest BCUT2D eigenvalue weighted by Crippen LogP contribution is 2.38. The molecule has 2 aliphatic rings. The molecule has 1 amide bonds. The van der Waals surface area contributed by atoms with E-state index in [0.717, 1.165) is 24.9 Å². The summed E-state index contributed by atoms with van der Waals surface area (Å²) in [6.45, 7) is 0.728. The average Bonchev–Trinajstić information content (AvgIpc) is 3.42. The van der Waals surface area contributed by atoms with Gasteiger partial charge in [-0.3, -0.25) is 4.79 Å². The van der Waals surface area contributed by atoms with Crippen LogP contribution in [0.5, 0.6) is 11.6 Å². The van der Waals surface area contributed by atoms with E-state index in [1.807, 2.05) is 34.7 Å². The van der Waals surface area contributed by atoms with E-state index in [0.29, 0.717) is 40.1 Å². The van der Waals surface area contributed by atoms with E-state index in [9.17, 15) is 4.79 Å². The Morgan fingerprint density at radius 1 is 1.17 bits per heavy atom. The molecule has 1 saturated carbocycles. The van der Waals surface area contributed by atoms with Crippen molar-refractivity contribution in [2.75, 3.05) is 20.8 Å². The molecule has 30 heavy (non-hydrogen) atoms. The predicted molar refractivity (Wildman–Crippen MR) is 113 cm³/mol. The van der Waals surface area contributed by atoms with Crippen molar-refractivity contribution in [2.45, 2.75) is 24.9 Å². The van der Waals surface area contributed by atoms with Gasteiger partial charge in [0.05, 0.1) is 19.7 Å². The lowest BCUT2D eigenvalue weighted by Gasteiger charge is -2.27. The summed E-state index contributed by atoms with van der Waals surface area (Å²) in [7, 11) is 5.10. The fourth-order valence-electron chi connectivity index (χ4n) is 4.92. The zero-order valence-electron chi connectivity index (χ0n) is 17.3. The van der Waals surface area contributed by atoms with Crippen molar-refractivity contribution in [3.8, 4) is 23.1 Å². The predicted octanol–water partition coefficient (Wildman–Crippen LogP) is 2.21. The molecule has 2 fully saturated rings. The zero-order chi connectivity index (χ0) is 21.0. The summed E-state index contributed by atoms with van der Waals surface area (Å²) in [5.74, 6) is 2.19. The maximum atomic E-state index is 13.3. The number of fused-ring (bicyclic) bond motifs is 3. The van der Waals surface area contributed by atoms with Gasteiger partial charge in [-0.1, -0.05) is 6.07 Å². The Balaban J connectivity index is 1.58. The molecule has 8 heteroatoms. The number of nitrogens with two attached hydrogens (primary N) is 1. The maximum absolute atomic E-state index is 13.3. The van der Waals surface area contributed by atoms with E-state index in [1.54, 1.807) is 26.4 Å². The van der Waals surface area contributed by atoms with E-state index in [2.05, 4.69) is 4.98 Å². The van der Waals surface area contributed by atoms with Gasteiger partial charge >= 0.3 is 0 Å². The van der Waals surface area contributed by atoms with E-state index in [-0.39, 0.29) is 18.0 Å². The zero-order valence-corrected chi connectivity index (χ0v) is 17.3.